The van der Waals surface area contributed by atoms with E-state index < -0.39 is 20.2 Å². The summed E-state index contributed by atoms with van der Waals surface area (Å²) in [6.07, 6.45) is 0.828. The van der Waals surface area contributed by atoms with Gasteiger partial charge in [-0.1, -0.05) is 0 Å². The van der Waals surface area contributed by atoms with Gasteiger partial charge in [0.2, 0.25) is 0 Å². The third-order valence-electron chi connectivity index (χ3n) is 3.39. The topological polar surface area (TPSA) is 88.1 Å². The quantitative estimate of drug-likeness (QED) is 0.834. The molecule has 128 valence electrons. The minimum Gasteiger partial charge on any atom is -0.444 e. The van der Waals surface area contributed by atoms with E-state index in [-0.39, 0.29) is 12.6 Å². The number of hydrogen-bond acceptors (Lipinski definition) is 6. The number of rotatable bonds is 3. The Balaban J connectivity index is 2.61. The maximum Gasteiger partial charge on any atom is 0.410 e. The molecule has 1 aliphatic heterocycles. The number of hydrogen-bond donors (Lipinski definition) is 1. The van der Waals surface area contributed by atoms with Crippen molar-refractivity contribution in [1.82, 2.24) is 10.2 Å². The van der Waals surface area contributed by atoms with Gasteiger partial charge in [0.05, 0.1) is 17.8 Å². The van der Waals surface area contributed by atoms with Crippen LogP contribution in [0.25, 0.3) is 0 Å². The Hall–Kier alpha value is -1.31. The van der Waals surface area contributed by atoms with Crippen LogP contribution in [-0.4, -0.2) is 68.0 Å². The number of sulfone groups is 1. The second-order valence-electron chi connectivity index (χ2n) is 7.12. The summed E-state index contributed by atoms with van der Waals surface area (Å²) < 4.78 is 27.8. The van der Waals surface area contributed by atoms with Crippen molar-refractivity contribution >= 4 is 21.8 Å². The highest BCUT2D eigenvalue weighted by molar-refractivity contribution is 7.92. The predicted molar refractivity (Wildman–Crippen MR) is 87.0 cm³/mol. The SMILES string of the molecule is CC(C)(C)OC(=O)N1CCN=C(NCC(C)(C)S(C)(=O)=O)C1. The molecule has 1 N–H and O–H groups in total. The Morgan fingerprint density at radius 3 is 2.41 bits per heavy atom. The zero-order valence-corrected chi connectivity index (χ0v) is 15.1. The maximum absolute atomic E-state index is 12.0. The van der Waals surface area contributed by atoms with E-state index in [9.17, 15) is 13.2 Å². The second-order valence-corrected chi connectivity index (χ2v) is 9.77. The summed E-state index contributed by atoms with van der Waals surface area (Å²) >= 11 is 0. The zero-order valence-electron chi connectivity index (χ0n) is 14.3. The van der Waals surface area contributed by atoms with E-state index in [2.05, 4.69) is 10.3 Å². The molecular weight excluding hydrogens is 306 g/mol. The lowest BCUT2D eigenvalue weighted by molar-refractivity contribution is 0.0276. The first-order chi connectivity index (χ1) is 9.82. The van der Waals surface area contributed by atoms with Gasteiger partial charge in [-0.15, -0.1) is 0 Å². The number of nitrogens with one attached hydrogen (secondary N) is 1. The first-order valence-corrected chi connectivity index (χ1v) is 9.16. The Morgan fingerprint density at radius 1 is 1.32 bits per heavy atom. The molecule has 1 heterocycles. The first-order valence-electron chi connectivity index (χ1n) is 7.26. The lowest BCUT2D eigenvalue weighted by Gasteiger charge is -2.31. The van der Waals surface area contributed by atoms with Crippen LogP contribution in [0, 0.1) is 0 Å². The molecule has 0 saturated heterocycles. The predicted octanol–water partition coefficient (Wildman–Crippen LogP) is 1.05. The molecule has 0 atom stereocenters. The van der Waals surface area contributed by atoms with E-state index >= 15 is 0 Å². The highest BCUT2D eigenvalue weighted by Crippen LogP contribution is 2.14. The number of carbonyl (C=O) groups is 1. The molecule has 0 fully saturated rings. The standard InChI is InChI=1S/C14H27N3O4S/c1-13(2,3)21-12(18)17-8-7-15-11(9-17)16-10-14(4,5)22(6,19)20/h7-10H2,1-6H3,(H,15,16). The number of carbonyl (C=O) groups excluding carboxylic acids is 1. The molecule has 0 unspecified atom stereocenters. The lowest BCUT2D eigenvalue weighted by atomic mass is 10.2. The van der Waals surface area contributed by atoms with Gasteiger partial charge in [0.15, 0.2) is 9.84 Å². The van der Waals surface area contributed by atoms with Crippen molar-refractivity contribution in [2.75, 3.05) is 32.4 Å². The molecular formula is C14H27N3O4S. The molecule has 0 spiro atoms. The van der Waals surface area contributed by atoms with Crippen molar-refractivity contribution in [2.45, 2.75) is 45.0 Å². The molecule has 0 radical (unpaired) electrons. The smallest absolute Gasteiger partial charge is 0.410 e. The Bertz CT molecular complexity index is 547. The van der Waals surface area contributed by atoms with Crippen molar-refractivity contribution in [3.63, 3.8) is 0 Å². The van der Waals surface area contributed by atoms with Gasteiger partial charge in [0, 0.05) is 19.3 Å². The third kappa shape index (κ3) is 5.47. The zero-order chi connectivity index (χ0) is 17.2. The minimum atomic E-state index is -3.18. The van der Waals surface area contributed by atoms with Crippen molar-refractivity contribution in [2.24, 2.45) is 4.99 Å². The van der Waals surface area contributed by atoms with Gasteiger partial charge < -0.3 is 10.1 Å². The molecule has 0 aromatic heterocycles. The van der Waals surface area contributed by atoms with E-state index in [0.29, 0.717) is 25.5 Å². The van der Waals surface area contributed by atoms with Crippen LogP contribution in [-0.2, 0) is 14.6 Å². The van der Waals surface area contributed by atoms with E-state index in [0.717, 1.165) is 0 Å². The molecule has 0 aliphatic carbocycles. The average molecular weight is 333 g/mol. The molecule has 0 aromatic rings. The third-order valence-corrected chi connectivity index (χ3v) is 5.54. The lowest BCUT2D eigenvalue weighted by Crippen LogP contribution is -2.50. The van der Waals surface area contributed by atoms with Crippen LogP contribution in [0.2, 0.25) is 0 Å². The van der Waals surface area contributed by atoms with Gasteiger partial charge >= 0.3 is 6.09 Å². The van der Waals surface area contributed by atoms with E-state index in [4.69, 9.17) is 4.74 Å². The van der Waals surface area contributed by atoms with Crippen LogP contribution < -0.4 is 5.32 Å². The summed E-state index contributed by atoms with van der Waals surface area (Å²) in [6, 6.07) is 0. The number of aliphatic imine (C=N–C) groups is 1. The maximum atomic E-state index is 12.0. The summed E-state index contributed by atoms with van der Waals surface area (Å²) in [5.74, 6) is 0.605. The molecule has 0 saturated carbocycles. The molecule has 1 aliphatic rings. The average Bonchev–Trinajstić information content (AvgIpc) is 2.33. The van der Waals surface area contributed by atoms with Crippen LogP contribution in [0.1, 0.15) is 34.6 Å². The summed E-state index contributed by atoms with van der Waals surface area (Å²) in [4.78, 5) is 17.9. The summed E-state index contributed by atoms with van der Waals surface area (Å²) in [6.45, 7) is 10.3. The Morgan fingerprint density at radius 2 is 1.91 bits per heavy atom. The number of amides is 1. The van der Waals surface area contributed by atoms with Crippen molar-refractivity contribution < 1.29 is 17.9 Å². The molecule has 8 heteroatoms. The first kappa shape index (κ1) is 18.7. The second kappa shape index (κ2) is 6.44. The highest BCUT2D eigenvalue weighted by Gasteiger charge is 2.31. The Labute approximate surface area is 133 Å². The van der Waals surface area contributed by atoms with Crippen molar-refractivity contribution in [3.05, 3.63) is 0 Å². The molecule has 0 aromatic carbocycles. The van der Waals surface area contributed by atoms with Gasteiger partial charge in [-0.05, 0) is 34.6 Å². The fourth-order valence-electron chi connectivity index (χ4n) is 1.66. The van der Waals surface area contributed by atoms with E-state index in [1.165, 1.54) is 6.26 Å². The fourth-order valence-corrected chi connectivity index (χ4v) is 1.99. The van der Waals surface area contributed by atoms with Gasteiger partial charge in [0.1, 0.15) is 11.4 Å². The van der Waals surface area contributed by atoms with Crippen LogP contribution in [0.3, 0.4) is 0 Å². The summed E-state index contributed by atoms with van der Waals surface area (Å²) in [5.41, 5.74) is -0.544. The minimum absolute atomic E-state index is 0.243. The van der Waals surface area contributed by atoms with Crippen LogP contribution in [0.4, 0.5) is 4.79 Å². The largest absolute Gasteiger partial charge is 0.444 e. The Kier molecular flexibility index (Phi) is 5.48. The van der Waals surface area contributed by atoms with Gasteiger partial charge in [-0.25, -0.2) is 13.2 Å². The van der Waals surface area contributed by atoms with Crippen molar-refractivity contribution in [1.29, 1.82) is 0 Å². The normalized spacial score (nSPS) is 17.0. The summed E-state index contributed by atoms with van der Waals surface area (Å²) in [7, 11) is -3.18. The van der Waals surface area contributed by atoms with E-state index in [1.807, 2.05) is 20.8 Å². The number of ether oxygens (including phenoxy) is 1. The van der Waals surface area contributed by atoms with Crippen molar-refractivity contribution in [3.8, 4) is 0 Å². The van der Waals surface area contributed by atoms with Gasteiger partial charge in [-0.2, -0.15) is 0 Å². The van der Waals surface area contributed by atoms with Crippen LogP contribution >= 0.6 is 0 Å². The monoisotopic (exact) mass is 333 g/mol. The molecule has 22 heavy (non-hydrogen) atoms. The summed E-state index contributed by atoms with van der Waals surface area (Å²) in [5, 5.41) is 3.04. The van der Waals surface area contributed by atoms with E-state index in [1.54, 1.807) is 18.7 Å². The van der Waals surface area contributed by atoms with Gasteiger partial charge in [-0.3, -0.25) is 9.89 Å². The van der Waals surface area contributed by atoms with Crippen LogP contribution in [0.5, 0.6) is 0 Å². The number of nitrogens with zero attached hydrogens (tertiary/aromatic N) is 2. The molecule has 7 nitrogen and oxygen atoms in total. The molecule has 1 rings (SSSR count). The molecule has 1 amide bonds. The molecule has 0 bridgehead atoms. The highest BCUT2D eigenvalue weighted by atomic mass is 32.2. The fraction of sp³-hybridized carbons (Fsp3) is 0.857. The van der Waals surface area contributed by atoms with Crippen LogP contribution in [0.15, 0.2) is 4.99 Å². The van der Waals surface area contributed by atoms with Gasteiger partial charge in [0.25, 0.3) is 0 Å². The number of amidine groups is 1.